The molecular formula is C27H31Cl2N5O3S. The second-order valence-electron chi connectivity index (χ2n) is 8.87. The van der Waals surface area contributed by atoms with Gasteiger partial charge < -0.3 is 14.5 Å². The molecule has 3 aromatic rings. The lowest BCUT2D eigenvalue weighted by Gasteiger charge is -2.34. The first-order chi connectivity index (χ1) is 18.5. The summed E-state index contributed by atoms with van der Waals surface area (Å²) in [7, 11) is 0. The van der Waals surface area contributed by atoms with Crippen LogP contribution in [0.3, 0.4) is 0 Å². The molecule has 1 aromatic heterocycles. The molecule has 1 fully saturated rings. The highest BCUT2D eigenvalue weighted by Crippen LogP contribution is 2.29. The van der Waals surface area contributed by atoms with Crippen molar-refractivity contribution in [2.75, 3.05) is 38.5 Å². The fourth-order valence-electron chi connectivity index (χ4n) is 4.22. The van der Waals surface area contributed by atoms with Crippen LogP contribution in [-0.2, 0) is 16.0 Å². The van der Waals surface area contributed by atoms with Crippen molar-refractivity contribution >= 4 is 47.0 Å². The molecule has 2 aromatic carbocycles. The van der Waals surface area contributed by atoms with E-state index in [0.717, 1.165) is 40.8 Å². The molecule has 0 N–H and O–H groups in total. The Balaban J connectivity index is 1.31. The van der Waals surface area contributed by atoms with Crippen molar-refractivity contribution in [3.8, 4) is 5.69 Å². The third-order valence-corrected chi connectivity index (χ3v) is 8.00. The minimum absolute atomic E-state index is 0.127. The molecule has 8 nitrogen and oxygen atoms in total. The quantitative estimate of drug-likeness (QED) is 0.227. The molecule has 0 saturated carbocycles. The zero-order valence-corrected chi connectivity index (χ0v) is 23.6. The molecule has 0 aliphatic carbocycles. The average Bonchev–Trinajstić information content (AvgIpc) is 3.32. The van der Waals surface area contributed by atoms with Gasteiger partial charge in [0.15, 0.2) is 5.16 Å². The first-order valence-electron chi connectivity index (χ1n) is 12.7. The Labute approximate surface area is 237 Å². The maximum absolute atomic E-state index is 12.6. The minimum Gasteiger partial charge on any atom is -0.450 e. The predicted molar refractivity (Wildman–Crippen MR) is 150 cm³/mol. The van der Waals surface area contributed by atoms with E-state index in [1.165, 1.54) is 0 Å². The average molecular weight is 577 g/mol. The number of carbonyl (C=O) groups is 2. The molecule has 1 saturated heterocycles. The molecule has 0 radical (unpaired) electrons. The maximum Gasteiger partial charge on any atom is 0.409 e. The minimum atomic E-state index is -0.308. The van der Waals surface area contributed by atoms with Crippen LogP contribution in [0.4, 0.5) is 4.79 Å². The summed E-state index contributed by atoms with van der Waals surface area (Å²) in [5.41, 5.74) is 1.99. The fraction of sp³-hybridized carbons (Fsp3) is 0.407. The van der Waals surface area contributed by atoms with E-state index in [-0.39, 0.29) is 12.0 Å². The van der Waals surface area contributed by atoms with Gasteiger partial charge in [-0.05, 0) is 43.5 Å². The maximum atomic E-state index is 12.6. The SMILES string of the molecule is CCOC(=O)N1CCN(C(=O)CCCCSc2nnc(Cc3ccccc3)n2-c2ccc(Cl)c(Cl)c2)CC1. The number of amides is 2. The van der Waals surface area contributed by atoms with Crippen LogP contribution >= 0.6 is 35.0 Å². The number of rotatable bonds is 10. The first-order valence-corrected chi connectivity index (χ1v) is 14.5. The van der Waals surface area contributed by atoms with Crippen LogP contribution in [0, 0.1) is 0 Å². The number of thioether (sulfide) groups is 1. The monoisotopic (exact) mass is 575 g/mol. The molecule has 11 heteroatoms. The van der Waals surface area contributed by atoms with Gasteiger partial charge in [-0.3, -0.25) is 9.36 Å². The van der Waals surface area contributed by atoms with Crippen molar-refractivity contribution < 1.29 is 14.3 Å². The number of nitrogens with zero attached hydrogens (tertiary/aromatic N) is 5. The summed E-state index contributed by atoms with van der Waals surface area (Å²) in [6, 6.07) is 15.6. The molecular weight excluding hydrogens is 545 g/mol. The summed E-state index contributed by atoms with van der Waals surface area (Å²) in [6.45, 7) is 4.25. The van der Waals surface area contributed by atoms with Gasteiger partial charge in [-0.25, -0.2) is 4.79 Å². The number of carbonyl (C=O) groups excluding carboxylic acids is 2. The largest absolute Gasteiger partial charge is 0.450 e. The molecule has 1 aliphatic heterocycles. The van der Waals surface area contributed by atoms with Crippen LogP contribution in [0.25, 0.3) is 5.69 Å². The van der Waals surface area contributed by atoms with Crippen molar-refractivity contribution in [2.45, 2.75) is 37.8 Å². The highest BCUT2D eigenvalue weighted by atomic mass is 35.5. The normalized spacial score (nSPS) is 13.6. The zero-order valence-electron chi connectivity index (χ0n) is 21.3. The van der Waals surface area contributed by atoms with Crippen LogP contribution in [0.2, 0.25) is 10.0 Å². The number of benzene rings is 2. The van der Waals surface area contributed by atoms with Gasteiger partial charge in [-0.2, -0.15) is 0 Å². The lowest BCUT2D eigenvalue weighted by atomic mass is 10.1. The standard InChI is InChI=1S/C27H31Cl2N5O3S/c1-2-37-27(36)33-15-13-32(14-16-33)25(35)10-6-7-17-38-26-31-30-24(18-20-8-4-3-5-9-20)34(26)21-11-12-22(28)23(29)19-21/h3-5,8-9,11-12,19H,2,6-7,10,13-18H2,1H3. The Kier molecular flexibility index (Phi) is 10.3. The second kappa shape index (κ2) is 13.9. The summed E-state index contributed by atoms with van der Waals surface area (Å²) in [6.07, 6.45) is 2.45. The van der Waals surface area contributed by atoms with Crippen LogP contribution in [-0.4, -0.2) is 75.1 Å². The molecule has 38 heavy (non-hydrogen) atoms. The van der Waals surface area contributed by atoms with E-state index in [9.17, 15) is 9.59 Å². The molecule has 4 rings (SSSR count). The third-order valence-electron chi connectivity index (χ3n) is 6.24. The Morgan fingerprint density at radius 3 is 2.39 bits per heavy atom. The molecule has 0 unspecified atom stereocenters. The van der Waals surface area contributed by atoms with Crippen LogP contribution in [0.5, 0.6) is 0 Å². The van der Waals surface area contributed by atoms with Gasteiger partial charge in [0.05, 0.1) is 22.3 Å². The summed E-state index contributed by atoms with van der Waals surface area (Å²) in [5.74, 6) is 1.74. The van der Waals surface area contributed by atoms with Gasteiger partial charge in [0, 0.05) is 44.8 Å². The van der Waals surface area contributed by atoms with Gasteiger partial charge in [0.2, 0.25) is 5.91 Å². The molecule has 1 aliphatic rings. The van der Waals surface area contributed by atoms with E-state index in [0.29, 0.717) is 55.7 Å². The molecule has 2 amide bonds. The Hall–Kier alpha value is -2.75. The van der Waals surface area contributed by atoms with Crippen molar-refractivity contribution in [1.82, 2.24) is 24.6 Å². The molecule has 0 spiro atoms. The predicted octanol–water partition coefficient (Wildman–Crippen LogP) is 5.73. The van der Waals surface area contributed by atoms with E-state index in [1.807, 2.05) is 39.8 Å². The van der Waals surface area contributed by atoms with Crippen molar-refractivity contribution in [3.63, 3.8) is 0 Å². The van der Waals surface area contributed by atoms with Gasteiger partial charge in [0.1, 0.15) is 5.82 Å². The number of piperazine rings is 1. The Morgan fingerprint density at radius 1 is 0.947 bits per heavy atom. The van der Waals surface area contributed by atoms with E-state index in [1.54, 1.807) is 29.7 Å². The number of halogens is 2. The number of ether oxygens (including phenoxy) is 1. The first kappa shape index (κ1) is 28.3. The Morgan fingerprint density at radius 2 is 1.68 bits per heavy atom. The third kappa shape index (κ3) is 7.42. The zero-order chi connectivity index (χ0) is 26.9. The van der Waals surface area contributed by atoms with Crippen molar-refractivity contribution in [1.29, 1.82) is 0 Å². The summed E-state index contributed by atoms with van der Waals surface area (Å²) >= 11 is 14.1. The van der Waals surface area contributed by atoms with Crippen LogP contribution in [0.1, 0.15) is 37.6 Å². The van der Waals surface area contributed by atoms with Crippen molar-refractivity contribution in [3.05, 3.63) is 70.0 Å². The number of hydrogen-bond donors (Lipinski definition) is 0. The van der Waals surface area contributed by atoms with E-state index in [4.69, 9.17) is 27.9 Å². The molecule has 0 atom stereocenters. The van der Waals surface area contributed by atoms with E-state index < -0.39 is 0 Å². The number of unbranched alkanes of at least 4 members (excludes halogenated alkanes) is 1. The summed E-state index contributed by atoms with van der Waals surface area (Å²) < 4.78 is 7.06. The topological polar surface area (TPSA) is 80.6 Å². The van der Waals surface area contributed by atoms with Gasteiger partial charge in [0.25, 0.3) is 0 Å². The number of aromatic nitrogens is 3. The van der Waals surface area contributed by atoms with Gasteiger partial charge in [-0.1, -0.05) is 65.3 Å². The molecule has 2 heterocycles. The lowest BCUT2D eigenvalue weighted by molar-refractivity contribution is -0.132. The smallest absolute Gasteiger partial charge is 0.409 e. The second-order valence-corrected chi connectivity index (χ2v) is 10.7. The summed E-state index contributed by atoms with van der Waals surface area (Å²) in [5, 5.41) is 10.7. The number of hydrogen-bond acceptors (Lipinski definition) is 6. The van der Waals surface area contributed by atoms with Crippen molar-refractivity contribution in [2.24, 2.45) is 0 Å². The van der Waals surface area contributed by atoms with Crippen LogP contribution in [0.15, 0.2) is 53.7 Å². The van der Waals surface area contributed by atoms with E-state index in [2.05, 4.69) is 22.3 Å². The highest BCUT2D eigenvalue weighted by Gasteiger charge is 2.24. The van der Waals surface area contributed by atoms with Crippen LogP contribution < -0.4 is 0 Å². The highest BCUT2D eigenvalue weighted by molar-refractivity contribution is 7.99. The molecule has 0 bridgehead atoms. The Bertz CT molecular complexity index is 1230. The molecule has 202 valence electrons. The van der Waals surface area contributed by atoms with Gasteiger partial charge in [-0.15, -0.1) is 10.2 Å². The fourth-order valence-corrected chi connectivity index (χ4v) is 5.49. The van der Waals surface area contributed by atoms with E-state index >= 15 is 0 Å². The van der Waals surface area contributed by atoms with Gasteiger partial charge >= 0.3 is 6.09 Å². The summed E-state index contributed by atoms with van der Waals surface area (Å²) in [4.78, 5) is 28.0. The lowest BCUT2D eigenvalue weighted by Crippen LogP contribution is -2.50.